The van der Waals surface area contributed by atoms with Gasteiger partial charge in [0.05, 0.1) is 22.7 Å². The summed E-state index contributed by atoms with van der Waals surface area (Å²) in [4.78, 5) is 59.2. The lowest BCUT2D eigenvalue weighted by atomic mass is 9.95. The molecule has 250 valence electrons. The van der Waals surface area contributed by atoms with Crippen molar-refractivity contribution in [3.05, 3.63) is 82.4 Å². The van der Waals surface area contributed by atoms with Crippen LogP contribution in [0, 0.1) is 0 Å². The molecule has 1 amide bonds. The Morgan fingerprint density at radius 2 is 1.43 bits per heavy atom. The third-order valence-electron chi connectivity index (χ3n) is 6.66. The number of amides is 1. The van der Waals surface area contributed by atoms with Crippen LogP contribution in [0.1, 0.15) is 59.8 Å². The van der Waals surface area contributed by atoms with Crippen molar-refractivity contribution in [1.29, 1.82) is 0 Å². The van der Waals surface area contributed by atoms with Gasteiger partial charge in [-0.3, -0.25) is 9.59 Å². The summed E-state index contributed by atoms with van der Waals surface area (Å²) in [5.74, 6) is -9.18. The van der Waals surface area contributed by atoms with Crippen molar-refractivity contribution in [3.8, 4) is 23.0 Å². The Kier molecular flexibility index (Phi) is 11.3. The number of benzene rings is 3. The van der Waals surface area contributed by atoms with E-state index in [1.165, 1.54) is 30.3 Å². The minimum atomic E-state index is -5.08. The highest BCUT2D eigenvalue weighted by Crippen LogP contribution is 2.35. The molecule has 2 atom stereocenters. The number of hydrogen-bond acceptors (Lipinski definition) is 11. The van der Waals surface area contributed by atoms with Crippen LogP contribution in [0.4, 0.5) is 13.2 Å². The van der Waals surface area contributed by atoms with Crippen LogP contribution in [0.5, 0.6) is 23.0 Å². The molecule has 1 saturated heterocycles. The van der Waals surface area contributed by atoms with E-state index in [-0.39, 0.29) is 23.4 Å². The van der Waals surface area contributed by atoms with E-state index in [0.717, 1.165) is 24.3 Å². The van der Waals surface area contributed by atoms with Gasteiger partial charge in [-0.15, -0.1) is 0 Å². The van der Waals surface area contributed by atoms with Gasteiger partial charge < -0.3 is 46.0 Å². The van der Waals surface area contributed by atoms with Gasteiger partial charge >= 0.3 is 24.1 Å². The number of carbonyl (C=O) groups excluding carboxylic acids is 3. The van der Waals surface area contributed by atoms with Crippen molar-refractivity contribution in [1.82, 2.24) is 10.6 Å². The standard InChI is InChI=1S/C28H26N2O10.C2HF3O2/c31-16-8-6-14(7-9-16)26(36)30-18-13-29-10-2-5-22(18)40-28(39)15-11-20(33)24(21(34)12-15)25(35)23-17(27(37)38)3-1-4-19(23)32;3-2(4,5)1(6)7/h1,3-4,6-9,11-12,18,22,29,31-34H,2,5,10,13H2,(H,30,36)(H,37,38);(H,6,7)/t18-,22-;/m1./s1. The molecule has 1 heterocycles. The number of carboxylic acids is 2. The number of esters is 1. The summed E-state index contributed by atoms with van der Waals surface area (Å²) in [7, 11) is 0. The molecular formula is C30H27F3N2O12. The Morgan fingerprint density at radius 3 is 1.98 bits per heavy atom. The molecule has 4 rings (SSSR count). The predicted octanol–water partition coefficient (Wildman–Crippen LogP) is 2.78. The maximum atomic E-state index is 13.0. The fraction of sp³-hybridized carbons (Fsp3) is 0.233. The Hall–Kier alpha value is -5.84. The highest BCUT2D eigenvalue weighted by molar-refractivity contribution is 6.18. The number of alkyl halides is 3. The van der Waals surface area contributed by atoms with E-state index in [0.29, 0.717) is 19.4 Å². The molecule has 1 fully saturated rings. The Bertz CT molecular complexity index is 1650. The largest absolute Gasteiger partial charge is 0.508 e. The normalized spacial score (nSPS) is 16.1. The number of aliphatic carboxylic acids is 1. The number of carboxylic acid groups (broad SMARTS) is 2. The summed E-state index contributed by atoms with van der Waals surface area (Å²) in [6.07, 6.45) is -4.85. The third kappa shape index (κ3) is 9.10. The van der Waals surface area contributed by atoms with E-state index in [9.17, 15) is 57.9 Å². The number of hydrogen-bond donors (Lipinski definition) is 8. The number of ketones is 1. The van der Waals surface area contributed by atoms with Crippen molar-refractivity contribution in [2.24, 2.45) is 0 Å². The average molecular weight is 665 g/mol. The zero-order chi connectivity index (χ0) is 35.1. The van der Waals surface area contributed by atoms with Gasteiger partial charge in [0.1, 0.15) is 34.7 Å². The van der Waals surface area contributed by atoms with Gasteiger partial charge in [0.15, 0.2) is 0 Å². The molecule has 3 aromatic carbocycles. The van der Waals surface area contributed by atoms with Crippen LogP contribution in [-0.2, 0) is 9.53 Å². The van der Waals surface area contributed by atoms with Gasteiger partial charge in [0, 0.05) is 12.1 Å². The van der Waals surface area contributed by atoms with E-state index in [4.69, 9.17) is 14.6 Å². The lowest BCUT2D eigenvalue weighted by Gasteiger charge is -2.26. The number of nitrogens with one attached hydrogen (secondary N) is 2. The summed E-state index contributed by atoms with van der Waals surface area (Å²) in [5, 5.41) is 63.1. The van der Waals surface area contributed by atoms with E-state index < -0.39 is 81.9 Å². The van der Waals surface area contributed by atoms with Crippen LogP contribution >= 0.6 is 0 Å². The zero-order valence-corrected chi connectivity index (χ0v) is 23.9. The first kappa shape index (κ1) is 35.6. The number of phenols is 4. The van der Waals surface area contributed by atoms with Gasteiger partial charge in [-0.05, 0) is 67.9 Å². The molecule has 0 spiro atoms. The molecule has 17 heteroatoms. The fourth-order valence-electron chi connectivity index (χ4n) is 4.42. The lowest BCUT2D eigenvalue weighted by Crippen LogP contribution is -2.49. The molecule has 14 nitrogen and oxygen atoms in total. The van der Waals surface area contributed by atoms with E-state index in [1.807, 2.05) is 0 Å². The monoisotopic (exact) mass is 664 g/mol. The molecular weight excluding hydrogens is 637 g/mol. The van der Waals surface area contributed by atoms with E-state index in [2.05, 4.69) is 10.6 Å². The zero-order valence-electron chi connectivity index (χ0n) is 23.9. The highest BCUT2D eigenvalue weighted by Gasteiger charge is 2.38. The summed E-state index contributed by atoms with van der Waals surface area (Å²) in [6.45, 7) is 0.904. The topological polar surface area (TPSA) is 240 Å². The number of rotatable bonds is 7. The second-order valence-electron chi connectivity index (χ2n) is 9.94. The molecule has 0 saturated carbocycles. The third-order valence-corrected chi connectivity index (χ3v) is 6.66. The summed E-state index contributed by atoms with van der Waals surface area (Å²) in [6, 6.07) is 10.1. The molecule has 47 heavy (non-hydrogen) atoms. The van der Waals surface area contributed by atoms with Crippen LogP contribution in [0.3, 0.4) is 0 Å². The fourth-order valence-corrected chi connectivity index (χ4v) is 4.42. The molecule has 1 aliphatic rings. The van der Waals surface area contributed by atoms with Crippen molar-refractivity contribution in [3.63, 3.8) is 0 Å². The second kappa shape index (κ2) is 15.0. The van der Waals surface area contributed by atoms with Gasteiger partial charge in [0.25, 0.3) is 5.91 Å². The van der Waals surface area contributed by atoms with Gasteiger partial charge in [-0.1, -0.05) is 6.07 Å². The van der Waals surface area contributed by atoms with Crippen molar-refractivity contribution in [2.75, 3.05) is 13.1 Å². The van der Waals surface area contributed by atoms with Crippen LogP contribution in [0.2, 0.25) is 0 Å². The van der Waals surface area contributed by atoms with Gasteiger partial charge in [-0.2, -0.15) is 13.2 Å². The van der Waals surface area contributed by atoms with E-state index >= 15 is 0 Å². The summed E-state index contributed by atoms with van der Waals surface area (Å²) in [5.41, 5.74) is -1.91. The number of aromatic carboxylic acids is 1. The molecule has 3 aromatic rings. The predicted molar refractivity (Wildman–Crippen MR) is 153 cm³/mol. The van der Waals surface area contributed by atoms with Crippen LogP contribution in [0.15, 0.2) is 54.6 Å². The Labute approximate surface area is 262 Å². The van der Waals surface area contributed by atoms with Crippen LogP contribution in [-0.4, -0.2) is 91.6 Å². The summed E-state index contributed by atoms with van der Waals surface area (Å²) < 4.78 is 37.4. The number of phenolic OH excluding ortho intramolecular Hbond substituents is 4. The Balaban J connectivity index is 0.000000771. The molecule has 8 N–H and O–H groups in total. The number of ether oxygens (including phenoxy) is 1. The number of aromatic hydroxyl groups is 4. The summed E-state index contributed by atoms with van der Waals surface area (Å²) >= 11 is 0. The van der Waals surface area contributed by atoms with Crippen LogP contribution in [0.25, 0.3) is 0 Å². The minimum absolute atomic E-state index is 0.00149. The molecule has 0 bridgehead atoms. The van der Waals surface area contributed by atoms with Crippen molar-refractivity contribution >= 4 is 29.6 Å². The molecule has 0 aromatic heterocycles. The lowest BCUT2D eigenvalue weighted by molar-refractivity contribution is -0.192. The molecule has 0 radical (unpaired) electrons. The first-order valence-corrected chi connectivity index (χ1v) is 13.5. The molecule has 1 aliphatic heterocycles. The van der Waals surface area contributed by atoms with Crippen molar-refractivity contribution < 1.29 is 72.5 Å². The Morgan fingerprint density at radius 1 is 0.830 bits per heavy atom. The maximum Gasteiger partial charge on any atom is 0.490 e. The average Bonchev–Trinajstić information content (AvgIpc) is 3.21. The van der Waals surface area contributed by atoms with Gasteiger partial charge in [-0.25, -0.2) is 14.4 Å². The first-order chi connectivity index (χ1) is 22.0. The second-order valence-corrected chi connectivity index (χ2v) is 9.94. The molecule has 0 aliphatic carbocycles. The molecule has 0 unspecified atom stereocenters. The first-order valence-electron chi connectivity index (χ1n) is 13.5. The van der Waals surface area contributed by atoms with E-state index in [1.54, 1.807) is 0 Å². The SMILES string of the molecule is O=C(N[C@@H]1CNCCC[C@H]1OC(=O)c1cc(O)c(C(=O)c2c(O)cccc2C(=O)O)c(O)c1)c1ccc(O)cc1.O=C(O)C(F)(F)F. The highest BCUT2D eigenvalue weighted by atomic mass is 19.4. The maximum absolute atomic E-state index is 13.0. The minimum Gasteiger partial charge on any atom is -0.508 e. The van der Waals surface area contributed by atoms with Crippen LogP contribution < -0.4 is 10.6 Å². The quantitative estimate of drug-likeness (QED) is 0.134. The number of halogens is 3. The number of carbonyl (C=O) groups is 5. The van der Waals surface area contributed by atoms with Crippen molar-refractivity contribution in [2.45, 2.75) is 31.2 Å². The smallest absolute Gasteiger partial charge is 0.490 e. The van der Waals surface area contributed by atoms with Gasteiger partial charge in [0.2, 0.25) is 5.78 Å².